The van der Waals surface area contributed by atoms with Crippen LogP contribution in [0.15, 0.2) is 28.7 Å². The Morgan fingerprint density at radius 2 is 1.90 bits per heavy atom. The first-order valence-corrected chi connectivity index (χ1v) is 3.06. The molecule has 0 aromatic carbocycles. The molecule has 0 rings (SSSR count). The summed E-state index contributed by atoms with van der Waals surface area (Å²) < 4.78 is 12.6. The first-order chi connectivity index (χ1) is 4.54. The predicted molar refractivity (Wildman–Crippen MR) is 42.8 cm³/mol. The Morgan fingerprint density at radius 3 is 2.20 bits per heavy atom. The highest BCUT2D eigenvalue weighted by Gasteiger charge is 1.89. The van der Waals surface area contributed by atoms with Gasteiger partial charge in [-0.15, -0.1) is 0 Å². The molecule has 0 bridgehead atoms. The van der Waals surface area contributed by atoms with Gasteiger partial charge < -0.3 is 0 Å². The minimum Gasteiger partial charge on any atom is -0.259 e. The van der Waals surface area contributed by atoms with Gasteiger partial charge in [0.15, 0.2) is 0 Å². The molecule has 56 valence electrons. The number of hydrogen-bond donors (Lipinski definition) is 0. The van der Waals surface area contributed by atoms with E-state index < -0.39 is 0 Å². The van der Waals surface area contributed by atoms with Crippen LogP contribution < -0.4 is 0 Å². The van der Waals surface area contributed by atoms with E-state index in [9.17, 15) is 4.39 Å². The Bertz CT molecular complexity index is 185. The van der Waals surface area contributed by atoms with Crippen LogP contribution in [0.3, 0.4) is 0 Å². The fourth-order valence-electron chi connectivity index (χ4n) is 0.296. The van der Waals surface area contributed by atoms with Gasteiger partial charge >= 0.3 is 0 Å². The van der Waals surface area contributed by atoms with Crippen LogP contribution in [0.25, 0.3) is 0 Å². The van der Waals surface area contributed by atoms with Crippen LogP contribution >= 0.6 is 0 Å². The standard InChI is InChI=1S/C8H12FN/c1-6(2)8(9)5-10-7(3)4/h5H,3H2,1-2,4H3. The van der Waals surface area contributed by atoms with Crippen LogP contribution in [0.5, 0.6) is 0 Å². The number of halogens is 1. The molecule has 0 aromatic heterocycles. The molecule has 0 fully saturated rings. The third kappa shape index (κ3) is 4.01. The molecule has 10 heavy (non-hydrogen) atoms. The zero-order chi connectivity index (χ0) is 8.15. The molecular formula is C8H12FN. The van der Waals surface area contributed by atoms with E-state index in [1.54, 1.807) is 20.8 Å². The van der Waals surface area contributed by atoms with Crippen molar-refractivity contribution in [2.45, 2.75) is 20.8 Å². The van der Waals surface area contributed by atoms with E-state index in [4.69, 9.17) is 0 Å². The normalized spacial score (nSPS) is 10.0. The maximum absolute atomic E-state index is 12.6. The van der Waals surface area contributed by atoms with E-state index in [-0.39, 0.29) is 5.83 Å². The SMILES string of the molecule is C=C(C)N=CC(F)=C(C)C. The van der Waals surface area contributed by atoms with E-state index in [1.165, 1.54) is 6.21 Å². The fraction of sp³-hybridized carbons (Fsp3) is 0.375. The average Bonchev–Trinajstić information content (AvgIpc) is 1.82. The molecule has 0 unspecified atom stereocenters. The Morgan fingerprint density at radius 1 is 1.40 bits per heavy atom. The van der Waals surface area contributed by atoms with Gasteiger partial charge in [-0.05, 0) is 26.3 Å². The summed E-state index contributed by atoms with van der Waals surface area (Å²) in [5.41, 5.74) is 1.24. The molecule has 0 saturated carbocycles. The highest BCUT2D eigenvalue weighted by molar-refractivity contribution is 5.77. The number of allylic oxidation sites excluding steroid dienone is 3. The van der Waals surface area contributed by atoms with Gasteiger partial charge in [0, 0.05) is 5.70 Å². The molecule has 0 N–H and O–H groups in total. The van der Waals surface area contributed by atoms with Crippen molar-refractivity contribution >= 4 is 6.21 Å². The van der Waals surface area contributed by atoms with Crippen LogP contribution in [0.1, 0.15) is 20.8 Å². The molecule has 0 saturated heterocycles. The molecule has 0 aromatic rings. The number of hydrogen-bond acceptors (Lipinski definition) is 1. The monoisotopic (exact) mass is 141 g/mol. The summed E-state index contributed by atoms with van der Waals surface area (Å²) in [6.45, 7) is 8.60. The van der Waals surface area contributed by atoms with Crippen molar-refractivity contribution in [2.75, 3.05) is 0 Å². The van der Waals surface area contributed by atoms with E-state index in [0.29, 0.717) is 11.3 Å². The third-order valence-corrected chi connectivity index (χ3v) is 0.876. The Kier molecular flexibility index (Phi) is 3.62. The van der Waals surface area contributed by atoms with Gasteiger partial charge in [-0.25, -0.2) is 4.39 Å². The van der Waals surface area contributed by atoms with Crippen LogP contribution in [-0.2, 0) is 0 Å². The second-order valence-corrected chi connectivity index (χ2v) is 2.34. The van der Waals surface area contributed by atoms with Gasteiger partial charge in [0.25, 0.3) is 0 Å². The zero-order valence-corrected chi connectivity index (χ0v) is 6.61. The Hall–Kier alpha value is -0.920. The van der Waals surface area contributed by atoms with Crippen molar-refractivity contribution in [3.05, 3.63) is 23.7 Å². The summed E-state index contributed by atoms with van der Waals surface area (Å²) in [5.74, 6) is -0.289. The molecule has 0 atom stereocenters. The van der Waals surface area contributed by atoms with E-state index in [0.717, 1.165) is 0 Å². The summed E-state index contributed by atoms with van der Waals surface area (Å²) in [6.07, 6.45) is 1.18. The van der Waals surface area contributed by atoms with Crippen molar-refractivity contribution in [1.82, 2.24) is 0 Å². The molecule has 0 aliphatic heterocycles. The number of rotatable bonds is 2. The first kappa shape index (κ1) is 9.08. The molecule has 2 heteroatoms. The van der Waals surface area contributed by atoms with Gasteiger partial charge in [0.1, 0.15) is 5.83 Å². The molecule has 1 nitrogen and oxygen atoms in total. The topological polar surface area (TPSA) is 12.4 Å². The second-order valence-electron chi connectivity index (χ2n) is 2.34. The summed E-state index contributed by atoms with van der Waals surface area (Å²) in [5, 5.41) is 0. The van der Waals surface area contributed by atoms with Crippen molar-refractivity contribution in [1.29, 1.82) is 0 Å². The second kappa shape index (κ2) is 3.99. The molecule has 0 amide bonds. The lowest BCUT2D eigenvalue weighted by atomic mass is 10.3. The smallest absolute Gasteiger partial charge is 0.140 e. The lowest BCUT2D eigenvalue weighted by molar-refractivity contribution is 0.673. The largest absolute Gasteiger partial charge is 0.259 e. The van der Waals surface area contributed by atoms with Gasteiger partial charge in [0.05, 0.1) is 6.21 Å². The first-order valence-electron chi connectivity index (χ1n) is 3.06. The van der Waals surface area contributed by atoms with E-state index >= 15 is 0 Å². The van der Waals surface area contributed by atoms with Crippen molar-refractivity contribution in [2.24, 2.45) is 4.99 Å². The average molecular weight is 141 g/mol. The highest BCUT2D eigenvalue weighted by Crippen LogP contribution is 2.01. The molecular weight excluding hydrogens is 129 g/mol. The van der Waals surface area contributed by atoms with E-state index in [1.807, 2.05) is 0 Å². The summed E-state index contributed by atoms with van der Waals surface area (Å²) in [6, 6.07) is 0. The predicted octanol–water partition coefficient (Wildman–Crippen LogP) is 2.85. The minimum atomic E-state index is -0.289. The van der Waals surface area contributed by atoms with Gasteiger partial charge in [-0.1, -0.05) is 6.58 Å². The van der Waals surface area contributed by atoms with Gasteiger partial charge in [-0.2, -0.15) is 0 Å². The summed E-state index contributed by atoms with van der Waals surface area (Å²) in [4.78, 5) is 3.69. The van der Waals surface area contributed by atoms with Gasteiger partial charge in [0.2, 0.25) is 0 Å². The maximum atomic E-state index is 12.6. The summed E-state index contributed by atoms with van der Waals surface area (Å²) in [7, 11) is 0. The zero-order valence-electron chi connectivity index (χ0n) is 6.61. The highest BCUT2D eigenvalue weighted by atomic mass is 19.1. The van der Waals surface area contributed by atoms with E-state index in [2.05, 4.69) is 11.6 Å². The molecule has 0 heterocycles. The molecule has 0 aliphatic rings. The number of aliphatic imine (C=N–C) groups is 1. The van der Waals surface area contributed by atoms with Crippen LogP contribution in [0, 0.1) is 0 Å². The quantitative estimate of drug-likeness (QED) is 0.524. The molecule has 0 spiro atoms. The Balaban J connectivity index is 4.16. The lowest BCUT2D eigenvalue weighted by Crippen LogP contribution is -1.79. The Labute approximate surface area is 61.0 Å². The maximum Gasteiger partial charge on any atom is 0.140 e. The van der Waals surface area contributed by atoms with Crippen LogP contribution in [0.4, 0.5) is 4.39 Å². The minimum absolute atomic E-state index is 0.289. The molecule has 0 radical (unpaired) electrons. The van der Waals surface area contributed by atoms with Crippen molar-refractivity contribution < 1.29 is 4.39 Å². The van der Waals surface area contributed by atoms with Crippen molar-refractivity contribution in [3.63, 3.8) is 0 Å². The number of nitrogens with zero attached hydrogens (tertiary/aromatic N) is 1. The van der Waals surface area contributed by atoms with Crippen LogP contribution in [0.2, 0.25) is 0 Å². The lowest BCUT2D eigenvalue weighted by Gasteiger charge is -1.89. The third-order valence-electron chi connectivity index (χ3n) is 0.876. The van der Waals surface area contributed by atoms with Crippen LogP contribution in [-0.4, -0.2) is 6.21 Å². The fourth-order valence-corrected chi connectivity index (χ4v) is 0.296. The van der Waals surface area contributed by atoms with Crippen molar-refractivity contribution in [3.8, 4) is 0 Å². The van der Waals surface area contributed by atoms with Gasteiger partial charge in [-0.3, -0.25) is 4.99 Å². The summed E-state index contributed by atoms with van der Waals surface area (Å²) >= 11 is 0. The molecule has 0 aliphatic carbocycles.